The fraction of sp³-hybridized carbons (Fsp3) is 0.385. The number of nitrogens with zero attached hydrogens (tertiary/aromatic N) is 3. The summed E-state index contributed by atoms with van der Waals surface area (Å²) in [5.74, 6) is 0. The molecule has 2 atom stereocenters. The highest BCUT2D eigenvalue weighted by molar-refractivity contribution is 7.80. The number of nitrogens with one attached hydrogen (secondary N) is 1. The summed E-state index contributed by atoms with van der Waals surface area (Å²) in [5.41, 5.74) is 7.47. The van der Waals surface area contributed by atoms with Crippen molar-refractivity contribution in [3.63, 3.8) is 0 Å². The molecule has 1 aromatic carbocycles. The molecule has 0 unspecified atom stereocenters. The van der Waals surface area contributed by atoms with E-state index in [1.54, 1.807) is 0 Å². The van der Waals surface area contributed by atoms with Crippen molar-refractivity contribution in [3.05, 3.63) is 82.9 Å². The Morgan fingerprint density at radius 3 is 2.45 bits per heavy atom. The molecule has 3 heterocycles. The van der Waals surface area contributed by atoms with E-state index in [-0.39, 0.29) is 12.1 Å². The van der Waals surface area contributed by atoms with Gasteiger partial charge >= 0.3 is 0 Å². The first-order chi connectivity index (χ1) is 15.1. The van der Waals surface area contributed by atoms with Gasteiger partial charge in [0.25, 0.3) is 0 Å². The molecule has 0 amide bonds. The molecule has 1 saturated carbocycles. The lowest BCUT2D eigenvalue weighted by molar-refractivity contribution is 0.245. The summed E-state index contributed by atoms with van der Waals surface area (Å²) >= 11 is 5.91. The summed E-state index contributed by atoms with van der Waals surface area (Å²) in [4.78, 5) is 7.20. The molecule has 3 aromatic rings. The lowest BCUT2D eigenvalue weighted by atomic mass is 9.95. The largest absolute Gasteiger partial charge is 0.352 e. The Bertz CT molecular complexity index is 1100. The number of aromatic nitrogens is 2. The molecule has 4 nitrogen and oxygen atoms in total. The third-order valence-electron chi connectivity index (χ3n) is 7.00. The van der Waals surface area contributed by atoms with Crippen molar-refractivity contribution in [2.45, 2.75) is 64.6 Å². The third kappa shape index (κ3) is 3.45. The fourth-order valence-corrected chi connectivity index (χ4v) is 5.94. The highest BCUT2D eigenvalue weighted by Gasteiger charge is 2.44. The minimum absolute atomic E-state index is 0.0557. The molecule has 0 bridgehead atoms. The minimum Gasteiger partial charge on any atom is -0.352 e. The van der Waals surface area contributed by atoms with Crippen LogP contribution in [0.15, 0.2) is 54.7 Å². The van der Waals surface area contributed by atoms with Gasteiger partial charge in [-0.25, -0.2) is 0 Å². The number of para-hydroxylation sites is 1. The van der Waals surface area contributed by atoms with Gasteiger partial charge in [-0.15, -0.1) is 0 Å². The smallest absolute Gasteiger partial charge is 0.170 e. The summed E-state index contributed by atoms with van der Waals surface area (Å²) in [5, 5.41) is 4.51. The van der Waals surface area contributed by atoms with Gasteiger partial charge < -0.3 is 14.8 Å². The third-order valence-corrected chi connectivity index (χ3v) is 7.33. The number of rotatable bonds is 4. The highest BCUT2D eigenvalue weighted by Crippen LogP contribution is 2.44. The average molecular weight is 431 g/mol. The molecule has 2 aliphatic rings. The second-order valence-electron chi connectivity index (χ2n) is 8.92. The van der Waals surface area contributed by atoms with E-state index in [4.69, 9.17) is 17.2 Å². The Kier molecular flexibility index (Phi) is 5.30. The zero-order chi connectivity index (χ0) is 21.5. The number of benzene rings is 1. The monoisotopic (exact) mass is 430 g/mol. The van der Waals surface area contributed by atoms with Crippen LogP contribution in [-0.4, -0.2) is 25.6 Å². The summed E-state index contributed by atoms with van der Waals surface area (Å²) in [6.45, 7) is 6.64. The lowest BCUT2D eigenvalue weighted by Crippen LogP contribution is -2.37. The number of aryl methyl sites for hydroxylation is 2. The summed E-state index contributed by atoms with van der Waals surface area (Å²) in [6, 6.07) is 17.8. The Morgan fingerprint density at radius 1 is 1.00 bits per heavy atom. The Hall–Kier alpha value is -2.66. The molecular weight excluding hydrogens is 400 g/mol. The molecular formula is C26H30N4S. The zero-order valence-electron chi connectivity index (χ0n) is 18.5. The van der Waals surface area contributed by atoms with Gasteiger partial charge in [0, 0.05) is 29.3 Å². The Balaban J connectivity index is 1.65. The first-order valence-corrected chi connectivity index (χ1v) is 11.7. The Labute approximate surface area is 190 Å². The van der Waals surface area contributed by atoms with Gasteiger partial charge in [0.05, 0.1) is 17.8 Å². The number of hydrogen-bond acceptors (Lipinski definition) is 2. The average Bonchev–Trinajstić information content (AvgIpc) is 3.47. The van der Waals surface area contributed by atoms with Gasteiger partial charge in [-0.2, -0.15) is 0 Å². The van der Waals surface area contributed by atoms with E-state index in [0.717, 1.165) is 10.8 Å². The van der Waals surface area contributed by atoms with Gasteiger partial charge in [0.1, 0.15) is 0 Å². The van der Waals surface area contributed by atoms with Crippen LogP contribution in [0.25, 0.3) is 5.69 Å². The molecule has 0 spiro atoms. The van der Waals surface area contributed by atoms with Crippen LogP contribution >= 0.6 is 12.2 Å². The van der Waals surface area contributed by atoms with E-state index >= 15 is 0 Å². The van der Waals surface area contributed by atoms with E-state index in [2.05, 4.69) is 78.0 Å². The first kappa shape index (κ1) is 20.3. The van der Waals surface area contributed by atoms with E-state index in [0.29, 0.717) is 6.04 Å². The molecule has 1 aliphatic heterocycles. The normalized spacial score (nSPS) is 21.6. The molecule has 5 rings (SSSR count). The van der Waals surface area contributed by atoms with E-state index in [1.165, 1.54) is 53.9 Å². The van der Waals surface area contributed by atoms with Crippen LogP contribution < -0.4 is 5.32 Å². The van der Waals surface area contributed by atoms with Crippen molar-refractivity contribution < 1.29 is 0 Å². The quantitative estimate of drug-likeness (QED) is 0.537. The topological polar surface area (TPSA) is 33.1 Å². The molecule has 31 heavy (non-hydrogen) atoms. The second kappa shape index (κ2) is 8.12. The van der Waals surface area contributed by atoms with Crippen LogP contribution in [0.4, 0.5) is 0 Å². The molecule has 5 heteroatoms. The minimum atomic E-state index is 0.0557. The van der Waals surface area contributed by atoms with E-state index in [1.807, 2.05) is 12.3 Å². The van der Waals surface area contributed by atoms with Crippen LogP contribution in [0, 0.1) is 20.8 Å². The van der Waals surface area contributed by atoms with Crippen LogP contribution in [0.3, 0.4) is 0 Å². The van der Waals surface area contributed by atoms with Gasteiger partial charge in [-0.3, -0.25) is 4.98 Å². The molecule has 2 aromatic heterocycles. The zero-order valence-corrected chi connectivity index (χ0v) is 19.3. The molecule has 0 radical (unpaired) electrons. The highest BCUT2D eigenvalue weighted by atomic mass is 32.1. The molecule has 1 N–H and O–H groups in total. The van der Waals surface area contributed by atoms with Crippen molar-refractivity contribution in [2.75, 3.05) is 0 Å². The number of pyridine rings is 1. The van der Waals surface area contributed by atoms with Crippen LogP contribution in [0.2, 0.25) is 0 Å². The molecule has 160 valence electrons. The maximum absolute atomic E-state index is 5.91. The van der Waals surface area contributed by atoms with Crippen LogP contribution in [0.1, 0.15) is 66.0 Å². The SMILES string of the molecule is Cc1ccccc1-n1c(C)cc([C@H]2[C@@H](c3ccccn3)NC(=S)N2C2CCCC2)c1C. The maximum atomic E-state index is 5.91. The second-order valence-corrected chi connectivity index (χ2v) is 9.31. The maximum Gasteiger partial charge on any atom is 0.170 e. The van der Waals surface area contributed by atoms with Crippen molar-refractivity contribution in [3.8, 4) is 5.69 Å². The standard InChI is InChI=1S/C26H30N4S/c1-17-10-4-7-14-23(17)29-18(2)16-21(19(29)3)25-24(22-13-8-9-15-27-22)28-26(31)30(25)20-11-5-6-12-20/h4,7-10,13-16,20,24-25H,5-6,11-12H2,1-3H3,(H,28,31)/t24-,25+/m1/s1. The molecule has 1 saturated heterocycles. The molecule has 1 aliphatic carbocycles. The van der Waals surface area contributed by atoms with Crippen molar-refractivity contribution in [2.24, 2.45) is 0 Å². The van der Waals surface area contributed by atoms with Crippen molar-refractivity contribution in [1.82, 2.24) is 19.8 Å². The van der Waals surface area contributed by atoms with Crippen molar-refractivity contribution in [1.29, 1.82) is 0 Å². The van der Waals surface area contributed by atoms with Gasteiger partial charge in [-0.1, -0.05) is 37.1 Å². The van der Waals surface area contributed by atoms with Gasteiger partial charge in [-0.05, 0) is 81.2 Å². The van der Waals surface area contributed by atoms with Crippen molar-refractivity contribution >= 4 is 17.3 Å². The van der Waals surface area contributed by atoms with E-state index < -0.39 is 0 Å². The van der Waals surface area contributed by atoms with Gasteiger partial charge in [0.2, 0.25) is 0 Å². The summed E-state index contributed by atoms with van der Waals surface area (Å²) in [7, 11) is 0. The summed E-state index contributed by atoms with van der Waals surface area (Å²) in [6.07, 6.45) is 6.87. The predicted octanol–water partition coefficient (Wildman–Crippen LogP) is 5.71. The fourth-order valence-electron chi connectivity index (χ4n) is 5.55. The molecule has 2 fully saturated rings. The first-order valence-electron chi connectivity index (χ1n) is 11.3. The number of hydrogen-bond donors (Lipinski definition) is 1. The van der Waals surface area contributed by atoms with Crippen LogP contribution in [0.5, 0.6) is 0 Å². The number of thiocarbonyl (C=S) groups is 1. The lowest BCUT2D eigenvalue weighted by Gasteiger charge is -2.33. The van der Waals surface area contributed by atoms with Crippen LogP contribution in [-0.2, 0) is 0 Å². The van der Waals surface area contributed by atoms with Gasteiger partial charge in [0.15, 0.2) is 5.11 Å². The summed E-state index contributed by atoms with van der Waals surface area (Å²) < 4.78 is 2.40. The Morgan fingerprint density at radius 2 is 1.74 bits per heavy atom. The predicted molar refractivity (Wildman–Crippen MR) is 130 cm³/mol. The van der Waals surface area contributed by atoms with E-state index in [9.17, 15) is 0 Å².